The minimum absolute atomic E-state index is 0.273. The Morgan fingerprint density at radius 1 is 1.47 bits per heavy atom. The summed E-state index contributed by atoms with van der Waals surface area (Å²) in [7, 11) is 0. The number of anilines is 1. The van der Waals surface area contributed by atoms with Crippen LogP contribution in [0.15, 0.2) is 16.6 Å². The minimum Gasteiger partial charge on any atom is -0.366 e. The first-order chi connectivity index (χ1) is 9.13. The van der Waals surface area contributed by atoms with Gasteiger partial charge in [0, 0.05) is 25.7 Å². The second kappa shape index (κ2) is 4.77. The molecule has 1 N–H and O–H groups in total. The lowest BCUT2D eigenvalue weighted by Gasteiger charge is -2.27. The molecule has 19 heavy (non-hydrogen) atoms. The Morgan fingerprint density at radius 2 is 2.26 bits per heavy atom. The van der Waals surface area contributed by atoms with E-state index in [0.29, 0.717) is 29.1 Å². The number of halogens is 2. The van der Waals surface area contributed by atoms with Gasteiger partial charge in [0.15, 0.2) is 5.82 Å². The lowest BCUT2D eigenvalue weighted by molar-refractivity contribution is 0.470. The van der Waals surface area contributed by atoms with Gasteiger partial charge in [0.2, 0.25) is 0 Å². The van der Waals surface area contributed by atoms with Crippen LogP contribution in [0, 0.1) is 29.0 Å². The summed E-state index contributed by atoms with van der Waals surface area (Å²) in [6, 6.07) is 5.73. The van der Waals surface area contributed by atoms with Gasteiger partial charge in [0.1, 0.15) is 6.07 Å². The van der Waals surface area contributed by atoms with Gasteiger partial charge >= 0.3 is 0 Å². The van der Waals surface area contributed by atoms with Gasteiger partial charge < -0.3 is 10.2 Å². The molecule has 3 rings (SSSR count). The van der Waals surface area contributed by atoms with Crippen molar-refractivity contribution < 1.29 is 4.39 Å². The molecule has 5 heteroatoms. The molecule has 2 fully saturated rings. The highest BCUT2D eigenvalue weighted by molar-refractivity contribution is 9.10. The zero-order chi connectivity index (χ0) is 13.6. The number of hydrogen-bond acceptors (Lipinski definition) is 3. The first-order valence-electron chi connectivity index (χ1n) is 6.49. The summed E-state index contributed by atoms with van der Waals surface area (Å²) in [6.07, 6.45) is 0. The van der Waals surface area contributed by atoms with Gasteiger partial charge in [0.25, 0.3) is 0 Å². The van der Waals surface area contributed by atoms with E-state index in [1.54, 1.807) is 12.1 Å². The van der Waals surface area contributed by atoms with Gasteiger partial charge in [-0.2, -0.15) is 5.26 Å². The van der Waals surface area contributed by atoms with Crippen LogP contribution in [-0.4, -0.2) is 25.7 Å². The molecule has 0 aromatic heterocycles. The van der Waals surface area contributed by atoms with Crippen LogP contribution in [-0.2, 0) is 0 Å². The van der Waals surface area contributed by atoms with Crippen LogP contribution >= 0.6 is 15.9 Å². The number of rotatable bonds is 1. The van der Waals surface area contributed by atoms with Crippen LogP contribution in [0.5, 0.6) is 0 Å². The normalized spacial score (nSPS) is 29.4. The van der Waals surface area contributed by atoms with Crippen molar-refractivity contribution in [3.63, 3.8) is 0 Å². The molecular formula is C14H15BrFN3. The molecule has 2 aliphatic heterocycles. The molecule has 3 nitrogen and oxygen atoms in total. The predicted octanol–water partition coefficient (Wildman–Crippen LogP) is 2.50. The van der Waals surface area contributed by atoms with Crippen LogP contribution in [0.25, 0.3) is 0 Å². The van der Waals surface area contributed by atoms with E-state index in [1.807, 2.05) is 6.07 Å². The lowest BCUT2D eigenvalue weighted by Crippen LogP contribution is -2.33. The predicted molar refractivity (Wildman–Crippen MR) is 75.5 cm³/mol. The average Bonchev–Trinajstić information content (AvgIpc) is 2.97. The maximum Gasteiger partial charge on any atom is 0.161 e. The van der Waals surface area contributed by atoms with E-state index in [1.165, 1.54) is 0 Å². The van der Waals surface area contributed by atoms with E-state index in [0.717, 1.165) is 19.6 Å². The second-order valence-corrected chi connectivity index (χ2v) is 6.14. The fourth-order valence-corrected chi connectivity index (χ4v) is 3.76. The number of nitriles is 1. The second-order valence-electron chi connectivity index (χ2n) is 5.35. The number of hydrogen-bond donors (Lipinski definition) is 1. The molecule has 0 aliphatic carbocycles. The maximum atomic E-state index is 14.4. The Morgan fingerprint density at radius 3 is 2.95 bits per heavy atom. The minimum atomic E-state index is -0.321. The first-order valence-corrected chi connectivity index (χ1v) is 7.28. The van der Waals surface area contributed by atoms with Gasteiger partial charge in [-0.25, -0.2) is 4.39 Å². The number of nitrogens with zero attached hydrogens (tertiary/aromatic N) is 2. The Balaban J connectivity index is 1.96. The Bertz CT molecular complexity index is 554. The highest BCUT2D eigenvalue weighted by Crippen LogP contribution is 2.38. The SMILES string of the molecule is CC1C2CNCC2CN1c1ccc(C#N)c(Br)c1F. The Labute approximate surface area is 120 Å². The monoisotopic (exact) mass is 323 g/mol. The van der Waals surface area contributed by atoms with Crippen molar-refractivity contribution in [2.24, 2.45) is 11.8 Å². The zero-order valence-electron chi connectivity index (χ0n) is 10.7. The average molecular weight is 324 g/mol. The van der Waals surface area contributed by atoms with Gasteiger partial charge in [0.05, 0.1) is 15.7 Å². The standard InChI is InChI=1S/C14H15BrFN3/c1-8-11-6-18-5-10(11)7-19(8)12-3-2-9(4-17)13(15)14(12)16/h2-3,8,10-11,18H,5-7H2,1H3. The summed E-state index contributed by atoms with van der Waals surface area (Å²) in [4.78, 5) is 2.14. The number of nitrogens with one attached hydrogen (secondary N) is 1. The fraction of sp³-hybridized carbons (Fsp3) is 0.500. The molecule has 0 saturated carbocycles. The molecule has 100 valence electrons. The lowest BCUT2D eigenvalue weighted by atomic mass is 9.95. The highest BCUT2D eigenvalue weighted by atomic mass is 79.9. The highest BCUT2D eigenvalue weighted by Gasteiger charge is 2.42. The van der Waals surface area contributed by atoms with Gasteiger partial charge in [-0.05, 0) is 46.8 Å². The molecule has 0 amide bonds. The molecular weight excluding hydrogens is 309 g/mol. The third-order valence-corrected chi connectivity index (χ3v) is 5.20. The van der Waals surface area contributed by atoms with Gasteiger partial charge in [-0.3, -0.25) is 0 Å². The van der Waals surface area contributed by atoms with E-state index < -0.39 is 0 Å². The van der Waals surface area contributed by atoms with E-state index in [4.69, 9.17) is 5.26 Å². The summed E-state index contributed by atoms with van der Waals surface area (Å²) < 4.78 is 14.7. The van der Waals surface area contributed by atoms with Crippen LogP contribution in [0.1, 0.15) is 12.5 Å². The van der Waals surface area contributed by atoms with Crippen molar-refractivity contribution >= 4 is 21.6 Å². The quantitative estimate of drug-likeness (QED) is 0.863. The summed E-state index contributed by atoms with van der Waals surface area (Å²) in [6.45, 7) is 5.07. The molecule has 2 heterocycles. The van der Waals surface area contributed by atoms with Crippen LogP contribution < -0.4 is 10.2 Å². The van der Waals surface area contributed by atoms with Crippen molar-refractivity contribution in [2.75, 3.05) is 24.5 Å². The number of fused-ring (bicyclic) bond motifs is 1. The van der Waals surface area contributed by atoms with Crippen LogP contribution in [0.2, 0.25) is 0 Å². The molecule has 1 aromatic rings. The smallest absolute Gasteiger partial charge is 0.161 e. The van der Waals surface area contributed by atoms with Crippen molar-refractivity contribution in [3.8, 4) is 6.07 Å². The summed E-state index contributed by atoms with van der Waals surface area (Å²) in [5.41, 5.74) is 0.947. The van der Waals surface area contributed by atoms with Crippen molar-refractivity contribution in [2.45, 2.75) is 13.0 Å². The van der Waals surface area contributed by atoms with Crippen molar-refractivity contribution in [3.05, 3.63) is 28.0 Å². The van der Waals surface area contributed by atoms with Gasteiger partial charge in [-0.15, -0.1) is 0 Å². The summed E-state index contributed by atoms with van der Waals surface area (Å²) >= 11 is 3.18. The molecule has 2 aliphatic rings. The van der Waals surface area contributed by atoms with Crippen LogP contribution in [0.4, 0.5) is 10.1 Å². The Hall–Kier alpha value is -1.12. The fourth-order valence-electron chi connectivity index (χ4n) is 3.33. The van der Waals surface area contributed by atoms with Crippen LogP contribution in [0.3, 0.4) is 0 Å². The van der Waals surface area contributed by atoms with E-state index in [2.05, 4.69) is 33.1 Å². The third-order valence-electron chi connectivity index (χ3n) is 4.43. The summed E-state index contributed by atoms with van der Waals surface area (Å²) in [5.74, 6) is 0.872. The van der Waals surface area contributed by atoms with Crippen molar-refractivity contribution in [1.82, 2.24) is 5.32 Å². The zero-order valence-corrected chi connectivity index (χ0v) is 12.2. The molecule has 3 atom stereocenters. The molecule has 0 bridgehead atoms. The maximum absolute atomic E-state index is 14.4. The largest absolute Gasteiger partial charge is 0.366 e. The topological polar surface area (TPSA) is 39.1 Å². The van der Waals surface area contributed by atoms with Crippen molar-refractivity contribution in [1.29, 1.82) is 5.26 Å². The van der Waals surface area contributed by atoms with E-state index in [9.17, 15) is 4.39 Å². The third kappa shape index (κ3) is 1.94. The summed E-state index contributed by atoms with van der Waals surface area (Å²) in [5, 5.41) is 12.3. The molecule has 0 spiro atoms. The van der Waals surface area contributed by atoms with E-state index in [-0.39, 0.29) is 10.3 Å². The molecule has 0 radical (unpaired) electrons. The Kier molecular flexibility index (Phi) is 3.23. The molecule has 1 aromatic carbocycles. The van der Waals surface area contributed by atoms with E-state index >= 15 is 0 Å². The molecule has 3 unspecified atom stereocenters. The first kappa shape index (κ1) is 12.9. The van der Waals surface area contributed by atoms with Gasteiger partial charge in [-0.1, -0.05) is 0 Å². The molecule has 2 saturated heterocycles. The number of benzene rings is 1.